The van der Waals surface area contributed by atoms with Gasteiger partial charge in [0.25, 0.3) is 5.91 Å². The summed E-state index contributed by atoms with van der Waals surface area (Å²) in [4.78, 5) is 16.4. The van der Waals surface area contributed by atoms with E-state index in [1.807, 2.05) is 17.5 Å². The summed E-state index contributed by atoms with van der Waals surface area (Å²) in [7, 11) is -3.61. The predicted molar refractivity (Wildman–Crippen MR) is 118 cm³/mol. The van der Waals surface area contributed by atoms with Crippen LogP contribution >= 0.6 is 11.3 Å². The van der Waals surface area contributed by atoms with Crippen LogP contribution in [0.5, 0.6) is 0 Å². The molecule has 0 radical (unpaired) electrons. The fraction of sp³-hybridized carbons (Fsp3) is 0.476. The molecule has 1 aromatic carbocycles. The minimum atomic E-state index is -3.61. The van der Waals surface area contributed by atoms with Crippen molar-refractivity contribution in [2.45, 2.75) is 30.7 Å². The highest BCUT2D eigenvalue weighted by Crippen LogP contribution is 2.28. The number of amides is 1. The molecular weight excluding hydrogens is 422 g/mol. The second-order valence-corrected chi connectivity index (χ2v) is 10.5. The molecule has 0 bridgehead atoms. The molecule has 30 heavy (non-hydrogen) atoms. The number of sulfonamides is 1. The monoisotopic (exact) mass is 449 g/mol. The van der Waals surface area contributed by atoms with Gasteiger partial charge in [-0.15, -0.1) is 11.3 Å². The number of rotatable bonds is 6. The third-order valence-electron chi connectivity index (χ3n) is 5.52. The van der Waals surface area contributed by atoms with Crippen LogP contribution in [0.4, 0.5) is 5.69 Å². The van der Waals surface area contributed by atoms with Gasteiger partial charge in [0.05, 0.1) is 30.2 Å². The molecule has 0 saturated carbocycles. The average molecular weight is 450 g/mol. The molecule has 0 unspecified atom stereocenters. The number of anilines is 1. The smallest absolute Gasteiger partial charge is 0.253 e. The predicted octanol–water partition coefficient (Wildman–Crippen LogP) is 2.69. The van der Waals surface area contributed by atoms with Crippen LogP contribution in [0.2, 0.25) is 0 Å². The van der Waals surface area contributed by atoms with Crippen LogP contribution in [0.1, 0.15) is 34.5 Å². The Bertz CT molecular complexity index is 964. The first-order chi connectivity index (χ1) is 14.6. The van der Waals surface area contributed by atoms with E-state index in [4.69, 9.17) is 4.74 Å². The standard InChI is InChI=1S/C21H27N3O4S2/c25-21(22-16-17-5-4-14-29-17)19-15-18(30(26,27)24-8-2-1-3-9-24)6-7-20(19)23-10-12-28-13-11-23/h4-7,14-15H,1-3,8-13,16H2,(H,22,25). The molecule has 1 amide bonds. The second kappa shape index (κ2) is 9.47. The quantitative estimate of drug-likeness (QED) is 0.734. The number of nitrogens with zero attached hydrogens (tertiary/aromatic N) is 2. The number of carbonyl (C=O) groups is 1. The Morgan fingerprint density at radius 2 is 1.83 bits per heavy atom. The Balaban J connectivity index is 1.64. The number of nitrogens with one attached hydrogen (secondary N) is 1. The van der Waals surface area contributed by atoms with Crippen LogP contribution in [0.25, 0.3) is 0 Å². The highest BCUT2D eigenvalue weighted by molar-refractivity contribution is 7.89. The van der Waals surface area contributed by atoms with Crippen LogP contribution in [-0.2, 0) is 21.3 Å². The fourth-order valence-electron chi connectivity index (χ4n) is 3.87. The van der Waals surface area contributed by atoms with Gasteiger partial charge in [-0.2, -0.15) is 4.31 Å². The maximum Gasteiger partial charge on any atom is 0.253 e. The summed E-state index contributed by atoms with van der Waals surface area (Å²) in [6.07, 6.45) is 2.80. The molecule has 162 valence electrons. The minimum absolute atomic E-state index is 0.183. The van der Waals surface area contributed by atoms with Gasteiger partial charge in [-0.05, 0) is 42.5 Å². The van der Waals surface area contributed by atoms with Crippen molar-refractivity contribution < 1.29 is 17.9 Å². The molecule has 0 atom stereocenters. The van der Waals surface area contributed by atoms with E-state index in [0.29, 0.717) is 51.5 Å². The van der Waals surface area contributed by atoms with Crippen molar-refractivity contribution in [3.05, 3.63) is 46.2 Å². The van der Waals surface area contributed by atoms with Crippen molar-refractivity contribution >= 4 is 33.0 Å². The Morgan fingerprint density at radius 1 is 1.07 bits per heavy atom. The van der Waals surface area contributed by atoms with Crippen LogP contribution in [-0.4, -0.2) is 58.0 Å². The van der Waals surface area contributed by atoms with Gasteiger partial charge in [-0.1, -0.05) is 12.5 Å². The molecule has 2 aliphatic rings. The lowest BCUT2D eigenvalue weighted by Gasteiger charge is -2.31. The first kappa shape index (κ1) is 21.3. The van der Waals surface area contributed by atoms with Gasteiger partial charge in [-0.25, -0.2) is 8.42 Å². The fourth-order valence-corrected chi connectivity index (χ4v) is 6.06. The van der Waals surface area contributed by atoms with Crippen molar-refractivity contribution in [2.24, 2.45) is 0 Å². The Kier molecular flexibility index (Phi) is 6.72. The molecule has 7 nitrogen and oxygen atoms in total. The third-order valence-corrected chi connectivity index (χ3v) is 8.29. The highest BCUT2D eigenvalue weighted by Gasteiger charge is 2.28. The summed E-state index contributed by atoms with van der Waals surface area (Å²) in [5, 5.41) is 4.91. The van der Waals surface area contributed by atoms with E-state index in [1.54, 1.807) is 29.5 Å². The molecule has 2 aliphatic heterocycles. The molecule has 4 rings (SSSR count). The average Bonchev–Trinajstić information content (AvgIpc) is 3.32. The molecule has 1 aromatic heterocycles. The first-order valence-corrected chi connectivity index (χ1v) is 12.7. The zero-order valence-corrected chi connectivity index (χ0v) is 18.5. The lowest BCUT2D eigenvalue weighted by atomic mass is 10.1. The molecule has 2 aromatic rings. The number of hydrogen-bond acceptors (Lipinski definition) is 6. The van der Waals surface area contributed by atoms with Gasteiger partial charge in [0.1, 0.15) is 0 Å². The zero-order chi connectivity index (χ0) is 21.0. The summed E-state index contributed by atoms with van der Waals surface area (Å²) in [6, 6.07) is 8.84. The molecule has 3 heterocycles. The van der Waals surface area contributed by atoms with Gasteiger partial charge >= 0.3 is 0 Å². The van der Waals surface area contributed by atoms with Crippen molar-refractivity contribution in [3.8, 4) is 0 Å². The second-order valence-electron chi connectivity index (χ2n) is 7.51. The van der Waals surface area contributed by atoms with Gasteiger partial charge in [0, 0.05) is 36.7 Å². The van der Waals surface area contributed by atoms with Crippen molar-refractivity contribution in [1.82, 2.24) is 9.62 Å². The summed E-state index contributed by atoms with van der Waals surface area (Å²) < 4.78 is 33.3. The van der Waals surface area contributed by atoms with E-state index < -0.39 is 10.0 Å². The third kappa shape index (κ3) is 4.69. The van der Waals surface area contributed by atoms with E-state index in [2.05, 4.69) is 10.2 Å². The van der Waals surface area contributed by atoms with Crippen molar-refractivity contribution in [2.75, 3.05) is 44.3 Å². The van der Waals surface area contributed by atoms with Crippen LogP contribution in [0.3, 0.4) is 0 Å². The van der Waals surface area contributed by atoms with Crippen LogP contribution in [0.15, 0.2) is 40.6 Å². The summed E-state index contributed by atoms with van der Waals surface area (Å²) in [6.45, 7) is 4.00. The molecule has 2 saturated heterocycles. The Morgan fingerprint density at radius 3 is 2.53 bits per heavy atom. The van der Waals surface area contributed by atoms with E-state index in [1.165, 1.54) is 4.31 Å². The largest absolute Gasteiger partial charge is 0.378 e. The van der Waals surface area contributed by atoms with Gasteiger partial charge < -0.3 is 15.0 Å². The van der Waals surface area contributed by atoms with Gasteiger partial charge in [0.15, 0.2) is 0 Å². The number of benzene rings is 1. The molecule has 9 heteroatoms. The van der Waals surface area contributed by atoms with Gasteiger partial charge in [0.2, 0.25) is 10.0 Å². The molecular formula is C21H27N3O4S2. The topological polar surface area (TPSA) is 79.0 Å². The number of thiophene rings is 1. The van der Waals surface area contributed by atoms with Crippen LogP contribution in [0, 0.1) is 0 Å². The lowest BCUT2D eigenvalue weighted by Crippen LogP contribution is -2.38. The number of morpholine rings is 1. The Hall–Kier alpha value is -1.94. The SMILES string of the molecule is O=C(NCc1cccs1)c1cc(S(=O)(=O)N2CCCCC2)ccc1N1CCOCC1. The lowest BCUT2D eigenvalue weighted by molar-refractivity contribution is 0.0949. The van der Waals surface area contributed by atoms with E-state index >= 15 is 0 Å². The Labute approximate surface area is 181 Å². The van der Waals surface area contributed by atoms with E-state index in [-0.39, 0.29) is 10.8 Å². The number of carbonyl (C=O) groups excluding carboxylic acids is 1. The summed E-state index contributed by atoms with van der Waals surface area (Å²) >= 11 is 1.57. The van der Waals surface area contributed by atoms with Gasteiger partial charge in [-0.3, -0.25) is 4.79 Å². The first-order valence-electron chi connectivity index (χ1n) is 10.3. The summed E-state index contributed by atoms with van der Waals surface area (Å²) in [5.74, 6) is -0.263. The van der Waals surface area contributed by atoms with Crippen LogP contribution < -0.4 is 10.2 Å². The minimum Gasteiger partial charge on any atom is -0.378 e. The molecule has 0 aliphatic carbocycles. The molecule has 2 fully saturated rings. The maximum absolute atomic E-state index is 13.2. The van der Waals surface area contributed by atoms with Crippen molar-refractivity contribution in [3.63, 3.8) is 0 Å². The normalized spacial score (nSPS) is 18.3. The summed E-state index contributed by atoms with van der Waals surface area (Å²) in [5.41, 5.74) is 1.14. The zero-order valence-electron chi connectivity index (χ0n) is 16.9. The van der Waals surface area contributed by atoms with Crippen molar-refractivity contribution in [1.29, 1.82) is 0 Å². The molecule has 1 N–H and O–H groups in total. The van der Waals surface area contributed by atoms with E-state index in [9.17, 15) is 13.2 Å². The number of hydrogen-bond donors (Lipinski definition) is 1. The highest BCUT2D eigenvalue weighted by atomic mass is 32.2. The maximum atomic E-state index is 13.2. The number of ether oxygens (including phenoxy) is 1. The molecule has 0 spiro atoms. The number of piperidine rings is 1. The van der Waals surface area contributed by atoms with E-state index in [0.717, 1.165) is 29.8 Å².